The largest absolute Gasteiger partial charge is 0.392 e. The summed E-state index contributed by atoms with van der Waals surface area (Å²) >= 11 is 0. The standard InChI is InChI=1S/C19H15F2N3O2/c20-13-5-2-6-14(21)18(13)24-15-7-8-23-19(26)16(15)17(22)12-4-1-3-11(9-12)10-25/h1-9,22,25H,10H2,(H2,23,24,26). The average Bonchev–Trinajstić information content (AvgIpc) is 2.64. The molecule has 1 aromatic heterocycles. The van der Waals surface area contributed by atoms with E-state index >= 15 is 0 Å². The molecule has 0 amide bonds. The molecule has 0 saturated heterocycles. The van der Waals surface area contributed by atoms with Gasteiger partial charge in [-0.2, -0.15) is 0 Å². The number of hydrogen-bond donors (Lipinski definition) is 4. The molecule has 0 radical (unpaired) electrons. The molecular formula is C19H15F2N3O2. The highest BCUT2D eigenvalue weighted by molar-refractivity contribution is 6.14. The van der Waals surface area contributed by atoms with Gasteiger partial charge in [0.05, 0.1) is 23.6 Å². The monoisotopic (exact) mass is 355 g/mol. The molecule has 132 valence electrons. The minimum absolute atomic E-state index is 0.0646. The molecule has 0 aliphatic carbocycles. The van der Waals surface area contributed by atoms with Gasteiger partial charge in [0.1, 0.15) is 17.3 Å². The van der Waals surface area contributed by atoms with E-state index in [1.165, 1.54) is 18.3 Å². The van der Waals surface area contributed by atoms with Gasteiger partial charge in [-0.1, -0.05) is 24.3 Å². The minimum atomic E-state index is -0.815. The fourth-order valence-electron chi connectivity index (χ4n) is 2.55. The summed E-state index contributed by atoms with van der Waals surface area (Å²) in [7, 11) is 0. The number of anilines is 2. The van der Waals surface area contributed by atoms with Crippen molar-refractivity contribution < 1.29 is 13.9 Å². The van der Waals surface area contributed by atoms with Crippen molar-refractivity contribution >= 4 is 17.1 Å². The lowest BCUT2D eigenvalue weighted by Crippen LogP contribution is -2.20. The van der Waals surface area contributed by atoms with Crippen molar-refractivity contribution in [2.75, 3.05) is 5.32 Å². The zero-order chi connectivity index (χ0) is 18.7. The van der Waals surface area contributed by atoms with Crippen molar-refractivity contribution in [3.63, 3.8) is 0 Å². The van der Waals surface area contributed by atoms with Crippen LogP contribution in [0.3, 0.4) is 0 Å². The van der Waals surface area contributed by atoms with Gasteiger partial charge in [0, 0.05) is 11.8 Å². The van der Waals surface area contributed by atoms with E-state index in [9.17, 15) is 18.7 Å². The molecule has 4 N–H and O–H groups in total. The number of aromatic nitrogens is 1. The number of benzene rings is 2. The number of nitrogens with one attached hydrogen (secondary N) is 3. The summed E-state index contributed by atoms with van der Waals surface area (Å²) in [6.07, 6.45) is 1.32. The summed E-state index contributed by atoms with van der Waals surface area (Å²) < 4.78 is 27.8. The molecule has 0 saturated carbocycles. The van der Waals surface area contributed by atoms with Crippen molar-refractivity contribution in [2.24, 2.45) is 0 Å². The molecule has 0 unspecified atom stereocenters. The number of rotatable bonds is 5. The van der Waals surface area contributed by atoms with Gasteiger partial charge >= 0.3 is 0 Å². The Morgan fingerprint density at radius 1 is 1.12 bits per heavy atom. The normalized spacial score (nSPS) is 10.6. The third-order valence-corrected chi connectivity index (χ3v) is 3.83. The second-order valence-electron chi connectivity index (χ2n) is 5.55. The Morgan fingerprint density at radius 3 is 2.50 bits per heavy atom. The number of hydrogen-bond acceptors (Lipinski definition) is 4. The molecule has 2 aromatic carbocycles. The first-order chi connectivity index (χ1) is 12.5. The van der Waals surface area contributed by atoms with Crippen LogP contribution in [0.5, 0.6) is 0 Å². The van der Waals surface area contributed by atoms with E-state index in [0.717, 1.165) is 12.1 Å². The first-order valence-corrected chi connectivity index (χ1v) is 7.73. The third kappa shape index (κ3) is 3.38. The number of aromatic amines is 1. The van der Waals surface area contributed by atoms with Gasteiger partial charge in [-0.25, -0.2) is 8.78 Å². The van der Waals surface area contributed by atoms with Gasteiger partial charge in [0.15, 0.2) is 0 Å². The molecule has 0 atom stereocenters. The lowest BCUT2D eigenvalue weighted by atomic mass is 10.0. The molecule has 0 bridgehead atoms. The average molecular weight is 355 g/mol. The second kappa shape index (κ2) is 7.28. The van der Waals surface area contributed by atoms with Crippen molar-refractivity contribution in [1.29, 1.82) is 5.41 Å². The van der Waals surface area contributed by atoms with Gasteiger partial charge in [0.2, 0.25) is 0 Å². The first kappa shape index (κ1) is 17.5. The smallest absolute Gasteiger partial charge is 0.259 e. The Balaban J connectivity index is 2.08. The third-order valence-electron chi connectivity index (χ3n) is 3.83. The van der Waals surface area contributed by atoms with Crippen LogP contribution in [0.25, 0.3) is 0 Å². The first-order valence-electron chi connectivity index (χ1n) is 7.73. The number of halogens is 2. The van der Waals surface area contributed by atoms with Crippen LogP contribution in [0.1, 0.15) is 16.7 Å². The van der Waals surface area contributed by atoms with Gasteiger partial charge in [0.25, 0.3) is 5.56 Å². The van der Waals surface area contributed by atoms with Crippen LogP contribution in [0, 0.1) is 17.0 Å². The SMILES string of the molecule is N=C(c1cccc(CO)c1)c1c(Nc2c(F)cccc2F)cc[nH]c1=O. The van der Waals surface area contributed by atoms with Crippen LogP contribution in [0.2, 0.25) is 0 Å². The molecule has 0 spiro atoms. The summed E-state index contributed by atoms with van der Waals surface area (Å²) in [6.45, 7) is -0.211. The number of para-hydroxylation sites is 1. The maximum absolute atomic E-state index is 13.9. The molecule has 0 aliphatic heterocycles. The van der Waals surface area contributed by atoms with Crippen LogP contribution < -0.4 is 10.9 Å². The van der Waals surface area contributed by atoms with Crippen LogP contribution in [0.4, 0.5) is 20.2 Å². The highest BCUT2D eigenvalue weighted by Gasteiger charge is 2.17. The molecule has 26 heavy (non-hydrogen) atoms. The number of aliphatic hydroxyl groups excluding tert-OH is 1. The topological polar surface area (TPSA) is 89.0 Å². The fourth-order valence-corrected chi connectivity index (χ4v) is 2.55. The highest BCUT2D eigenvalue weighted by Crippen LogP contribution is 2.25. The Morgan fingerprint density at radius 2 is 1.81 bits per heavy atom. The summed E-state index contributed by atoms with van der Waals surface area (Å²) in [4.78, 5) is 14.8. The number of H-pyrrole nitrogens is 1. The zero-order valence-corrected chi connectivity index (χ0v) is 13.5. The quantitative estimate of drug-likeness (QED) is 0.530. The van der Waals surface area contributed by atoms with Gasteiger partial charge in [-0.05, 0) is 29.8 Å². The van der Waals surface area contributed by atoms with E-state index in [4.69, 9.17) is 5.41 Å². The lowest BCUT2D eigenvalue weighted by Gasteiger charge is -2.13. The Kier molecular flexibility index (Phi) is 4.90. The maximum Gasteiger partial charge on any atom is 0.259 e. The van der Waals surface area contributed by atoms with Crippen LogP contribution in [-0.4, -0.2) is 15.8 Å². The fraction of sp³-hybridized carbons (Fsp3) is 0.0526. The van der Waals surface area contributed by atoms with E-state index in [1.54, 1.807) is 24.3 Å². The Bertz CT molecular complexity index is 1010. The molecule has 0 fully saturated rings. The lowest BCUT2D eigenvalue weighted by molar-refractivity contribution is 0.282. The molecule has 3 aromatic rings. The Hall–Kier alpha value is -3.32. The molecular weight excluding hydrogens is 340 g/mol. The van der Waals surface area contributed by atoms with E-state index < -0.39 is 22.9 Å². The molecule has 1 heterocycles. The van der Waals surface area contributed by atoms with Gasteiger partial charge in [-0.15, -0.1) is 0 Å². The minimum Gasteiger partial charge on any atom is -0.392 e. The van der Waals surface area contributed by atoms with E-state index in [1.807, 2.05) is 0 Å². The molecule has 7 heteroatoms. The highest BCUT2D eigenvalue weighted by atomic mass is 19.1. The van der Waals surface area contributed by atoms with Crippen LogP contribution >= 0.6 is 0 Å². The summed E-state index contributed by atoms with van der Waals surface area (Å²) in [5.41, 5.74) is -0.120. The molecule has 3 rings (SSSR count). The zero-order valence-electron chi connectivity index (χ0n) is 13.5. The van der Waals surface area contributed by atoms with E-state index in [2.05, 4.69) is 10.3 Å². The maximum atomic E-state index is 13.9. The molecule has 5 nitrogen and oxygen atoms in total. The van der Waals surface area contributed by atoms with E-state index in [0.29, 0.717) is 11.1 Å². The predicted octanol–water partition coefficient (Wildman–Crippen LogP) is 3.31. The number of aliphatic hydroxyl groups is 1. The number of pyridine rings is 1. The van der Waals surface area contributed by atoms with Crippen LogP contribution in [-0.2, 0) is 6.61 Å². The van der Waals surface area contributed by atoms with Gasteiger partial charge < -0.3 is 15.4 Å². The summed E-state index contributed by atoms with van der Waals surface area (Å²) in [5, 5.41) is 20.2. The van der Waals surface area contributed by atoms with Crippen molar-refractivity contribution in [3.05, 3.63) is 93.4 Å². The van der Waals surface area contributed by atoms with Crippen molar-refractivity contribution in [1.82, 2.24) is 4.98 Å². The van der Waals surface area contributed by atoms with Crippen molar-refractivity contribution in [2.45, 2.75) is 6.61 Å². The second-order valence-corrected chi connectivity index (χ2v) is 5.55. The van der Waals surface area contributed by atoms with Crippen LogP contribution in [0.15, 0.2) is 59.5 Å². The summed E-state index contributed by atoms with van der Waals surface area (Å²) in [5.74, 6) is -1.63. The molecule has 0 aliphatic rings. The predicted molar refractivity (Wildman–Crippen MR) is 95.0 cm³/mol. The van der Waals surface area contributed by atoms with Gasteiger partial charge in [-0.3, -0.25) is 10.2 Å². The Labute approximate surface area is 147 Å². The van der Waals surface area contributed by atoms with E-state index in [-0.39, 0.29) is 23.6 Å². The summed E-state index contributed by atoms with van der Waals surface area (Å²) in [6, 6.07) is 11.4. The van der Waals surface area contributed by atoms with Crippen molar-refractivity contribution in [3.8, 4) is 0 Å².